The summed E-state index contributed by atoms with van der Waals surface area (Å²) >= 11 is 0. The van der Waals surface area contributed by atoms with E-state index >= 15 is 0 Å². The van der Waals surface area contributed by atoms with Gasteiger partial charge >= 0.3 is 0 Å². The van der Waals surface area contributed by atoms with Crippen molar-refractivity contribution in [3.63, 3.8) is 0 Å². The first kappa shape index (κ1) is 15.5. The first-order valence-electron chi connectivity index (χ1n) is 6.09. The smallest absolute Gasteiger partial charge is 0.253 e. The molecule has 3 amide bonds. The van der Waals surface area contributed by atoms with Crippen molar-refractivity contribution < 1.29 is 19.2 Å². The third-order valence-corrected chi connectivity index (χ3v) is 2.85. The highest BCUT2D eigenvalue weighted by molar-refractivity contribution is 7.40. The molecule has 1 rings (SSSR count). The molecule has 19 heavy (non-hydrogen) atoms. The zero-order chi connectivity index (χ0) is 14.3. The molecule has 0 aliphatic carbocycles. The van der Waals surface area contributed by atoms with Gasteiger partial charge in [0.2, 0.25) is 5.91 Å². The van der Waals surface area contributed by atoms with Gasteiger partial charge in [0.15, 0.2) is 5.52 Å². The lowest BCUT2D eigenvalue weighted by atomic mass is 10.2. The Morgan fingerprint density at radius 2 is 1.74 bits per heavy atom. The van der Waals surface area contributed by atoms with Crippen molar-refractivity contribution in [3.8, 4) is 0 Å². The van der Waals surface area contributed by atoms with Crippen LogP contribution in [0.25, 0.3) is 0 Å². The van der Waals surface area contributed by atoms with Crippen molar-refractivity contribution in [3.05, 3.63) is 12.2 Å². The van der Waals surface area contributed by atoms with E-state index in [9.17, 15) is 19.2 Å². The Labute approximate surface area is 113 Å². The summed E-state index contributed by atoms with van der Waals surface area (Å²) in [5.41, 5.74) is -0.160. The number of nitrogens with zero attached hydrogens (tertiary/aromatic N) is 1. The fraction of sp³-hybridized carbons (Fsp3) is 0.500. The molecule has 0 saturated heterocycles. The molecule has 1 atom stereocenters. The van der Waals surface area contributed by atoms with Crippen LogP contribution in [0.2, 0.25) is 0 Å². The Balaban J connectivity index is 2.05. The second-order valence-electron chi connectivity index (χ2n) is 4.22. The molecule has 7 heteroatoms. The summed E-state index contributed by atoms with van der Waals surface area (Å²) < 4.78 is 0. The summed E-state index contributed by atoms with van der Waals surface area (Å²) in [7, 11) is 1.99. The second kappa shape index (κ2) is 7.79. The van der Waals surface area contributed by atoms with Crippen molar-refractivity contribution in [2.45, 2.75) is 25.7 Å². The maximum atomic E-state index is 11.3. The molecule has 0 spiro atoms. The van der Waals surface area contributed by atoms with Crippen LogP contribution < -0.4 is 5.32 Å². The van der Waals surface area contributed by atoms with E-state index < -0.39 is 0 Å². The van der Waals surface area contributed by atoms with Crippen molar-refractivity contribution in [2.75, 3.05) is 13.1 Å². The Morgan fingerprint density at radius 1 is 1.11 bits per heavy atom. The number of carbonyl (C=O) groups excluding carboxylic acids is 4. The fourth-order valence-corrected chi connectivity index (χ4v) is 1.76. The summed E-state index contributed by atoms with van der Waals surface area (Å²) in [5.74, 6) is -0.714. The van der Waals surface area contributed by atoms with Gasteiger partial charge in [0.05, 0.1) is 6.54 Å². The fourth-order valence-electron chi connectivity index (χ4n) is 1.66. The molecule has 0 aromatic heterocycles. The minimum Gasteiger partial charge on any atom is -0.349 e. The molecule has 0 aromatic rings. The lowest BCUT2D eigenvalue weighted by molar-refractivity contribution is -0.137. The standard InChI is InChI=1S/C12H17N2O4P/c15-9(13-8-12(18)19)4-2-1-3-7-14-10(16)5-6-11(14)17/h5-6H,1-4,7-8,19H2,(H,13,15). The Hall–Kier alpha value is -1.55. The van der Waals surface area contributed by atoms with E-state index in [2.05, 4.69) is 5.32 Å². The molecule has 1 aliphatic heterocycles. The third kappa shape index (κ3) is 5.75. The number of unbranched alkanes of at least 4 members (excludes halogenated alkanes) is 2. The van der Waals surface area contributed by atoms with E-state index in [4.69, 9.17) is 0 Å². The monoisotopic (exact) mass is 284 g/mol. The predicted molar refractivity (Wildman–Crippen MR) is 72.1 cm³/mol. The van der Waals surface area contributed by atoms with Gasteiger partial charge in [-0.1, -0.05) is 15.7 Å². The second-order valence-corrected chi connectivity index (χ2v) is 4.86. The summed E-state index contributed by atoms with van der Waals surface area (Å²) in [6.45, 7) is 0.419. The van der Waals surface area contributed by atoms with Gasteiger partial charge < -0.3 is 5.32 Å². The van der Waals surface area contributed by atoms with E-state index in [1.54, 1.807) is 0 Å². The molecule has 6 nitrogen and oxygen atoms in total. The molecule has 1 aliphatic rings. The summed E-state index contributed by atoms with van der Waals surface area (Å²) in [6.07, 6.45) is 4.96. The number of hydrogen-bond donors (Lipinski definition) is 1. The van der Waals surface area contributed by atoms with Crippen LogP contribution in [0.1, 0.15) is 25.7 Å². The van der Waals surface area contributed by atoms with Crippen molar-refractivity contribution in [1.29, 1.82) is 0 Å². The quantitative estimate of drug-likeness (QED) is 0.386. The van der Waals surface area contributed by atoms with E-state index in [0.29, 0.717) is 25.8 Å². The van der Waals surface area contributed by atoms with E-state index in [1.165, 1.54) is 17.1 Å². The summed E-state index contributed by atoms with van der Waals surface area (Å²) in [4.78, 5) is 45.5. The topological polar surface area (TPSA) is 83.6 Å². The SMILES string of the molecule is O=C(P)CNC(=O)CCCCCN1C(=O)C=CC1=O. The molecule has 1 N–H and O–H groups in total. The van der Waals surface area contributed by atoms with Gasteiger partial charge in [0.1, 0.15) is 0 Å². The maximum absolute atomic E-state index is 11.3. The van der Waals surface area contributed by atoms with E-state index in [0.717, 1.165) is 6.42 Å². The molecule has 0 fully saturated rings. The molecule has 0 radical (unpaired) electrons. The molecular weight excluding hydrogens is 267 g/mol. The van der Waals surface area contributed by atoms with Crippen molar-refractivity contribution in [2.24, 2.45) is 0 Å². The minimum atomic E-state index is -0.276. The molecule has 0 aromatic carbocycles. The van der Waals surface area contributed by atoms with Crippen LogP contribution >= 0.6 is 9.24 Å². The molecule has 104 valence electrons. The zero-order valence-corrected chi connectivity index (χ0v) is 11.7. The number of amides is 3. The predicted octanol–water partition coefficient (Wildman–Crippen LogP) is -0.0103. The van der Waals surface area contributed by atoms with Crippen LogP contribution in [-0.4, -0.2) is 41.2 Å². The highest BCUT2D eigenvalue weighted by atomic mass is 31.0. The van der Waals surface area contributed by atoms with Gasteiger partial charge in [0.25, 0.3) is 11.8 Å². The number of hydrogen-bond acceptors (Lipinski definition) is 4. The van der Waals surface area contributed by atoms with Gasteiger partial charge in [-0.2, -0.15) is 0 Å². The van der Waals surface area contributed by atoms with Gasteiger partial charge in [0, 0.05) is 25.1 Å². The number of rotatable bonds is 8. The highest BCUT2D eigenvalue weighted by Crippen LogP contribution is 2.07. The average Bonchev–Trinajstić information content (AvgIpc) is 2.67. The van der Waals surface area contributed by atoms with Crippen LogP contribution in [0.5, 0.6) is 0 Å². The molecule has 1 heterocycles. The van der Waals surface area contributed by atoms with Crippen LogP contribution in [0, 0.1) is 0 Å². The lowest BCUT2D eigenvalue weighted by Gasteiger charge is -2.12. The van der Waals surface area contributed by atoms with Crippen molar-refractivity contribution >= 4 is 32.5 Å². The van der Waals surface area contributed by atoms with Crippen molar-refractivity contribution in [1.82, 2.24) is 10.2 Å². The molecule has 1 unspecified atom stereocenters. The summed E-state index contributed by atoms with van der Waals surface area (Å²) in [5, 5.41) is 2.49. The molecule has 0 saturated carbocycles. The Bertz CT molecular complexity index is 402. The van der Waals surface area contributed by atoms with Gasteiger partial charge in [-0.05, 0) is 12.8 Å². The normalized spacial score (nSPS) is 14.1. The number of nitrogens with one attached hydrogen (secondary N) is 1. The Kier molecular flexibility index (Phi) is 6.36. The molecule has 0 bridgehead atoms. The average molecular weight is 284 g/mol. The first-order valence-corrected chi connectivity index (χ1v) is 6.67. The lowest BCUT2D eigenvalue weighted by Crippen LogP contribution is -2.31. The van der Waals surface area contributed by atoms with E-state index in [1.807, 2.05) is 9.24 Å². The first-order chi connectivity index (χ1) is 9.00. The van der Waals surface area contributed by atoms with Crippen LogP contribution in [0.4, 0.5) is 0 Å². The van der Waals surface area contributed by atoms with Crippen LogP contribution in [-0.2, 0) is 19.2 Å². The highest BCUT2D eigenvalue weighted by Gasteiger charge is 2.22. The minimum absolute atomic E-state index is 0.0337. The Morgan fingerprint density at radius 3 is 2.32 bits per heavy atom. The van der Waals surface area contributed by atoms with Gasteiger partial charge in [-0.15, -0.1) is 0 Å². The number of imide groups is 1. The molecular formula is C12H17N2O4P. The van der Waals surface area contributed by atoms with E-state index in [-0.39, 0.29) is 29.8 Å². The van der Waals surface area contributed by atoms with Crippen LogP contribution in [0.3, 0.4) is 0 Å². The maximum Gasteiger partial charge on any atom is 0.253 e. The third-order valence-electron chi connectivity index (χ3n) is 2.65. The summed E-state index contributed by atoms with van der Waals surface area (Å²) in [6, 6.07) is 0. The van der Waals surface area contributed by atoms with Crippen LogP contribution in [0.15, 0.2) is 12.2 Å². The van der Waals surface area contributed by atoms with Gasteiger partial charge in [-0.25, -0.2) is 0 Å². The number of carbonyl (C=O) groups is 4. The zero-order valence-electron chi connectivity index (χ0n) is 10.6. The van der Waals surface area contributed by atoms with Gasteiger partial charge in [-0.3, -0.25) is 24.1 Å². The largest absolute Gasteiger partial charge is 0.349 e.